The zero-order valence-corrected chi connectivity index (χ0v) is 14.3. The van der Waals surface area contributed by atoms with Crippen LogP contribution in [0.4, 0.5) is 0 Å². The maximum atomic E-state index is 12.4. The molecule has 1 heterocycles. The highest BCUT2D eigenvalue weighted by Crippen LogP contribution is 2.19. The van der Waals surface area contributed by atoms with Crippen molar-refractivity contribution < 1.29 is 8.42 Å². The number of aryl methyl sites for hydroxylation is 2. The van der Waals surface area contributed by atoms with Crippen molar-refractivity contribution in [1.82, 2.24) is 14.5 Å². The molecule has 118 valence electrons. The predicted octanol–water partition coefficient (Wildman–Crippen LogP) is 1.11. The van der Waals surface area contributed by atoms with Gasteiger partial charge in [0.25, 0.3) is 0 Å². The first kappa shape index (κ1) is 19.4. The molecule has 0 spiro atoms. The van der Waals surface area contributed by atoms with Crippen LogP contribution >= 0.6 is 12.4 Å². The highest BCUT2D eigenvalue weighted by Gasteiger charge is 2.26. The number of rotatable bonds is 6. The summed E-state index contributed by atoms with van der Waals surface area (Å²) in [7, 11) is -1.84. The Morgan fingerprint density at radius 2 is 1.90 bits per heavy atom. The second kappa shape index (κ2) is 7.40. The molecule has 0 aliphatic rings. The summed E-state index contributed by atoms with van der Waals surface area (Å²) in [6.45, 7) is 7.81. The minimum atomic E-state index is -3.57. The molecule has 6 nitrogen and oxygen atoms in total. The predicted molar refractivity (Wildman–Crippen MR) is 82.5 cm³/mol. The largest absolute Gasteiger partial charge is 0.329 e. The third-order valence-corrected chi connectivity index (χ3v) is 4.85. The van der Waals surface area contributed by atoms with Gasteiger partial charge in [-0.15, -0.1) is 12.4 Å². The average Bonchev–Trinajstić information content (AvgIpc) is 2.51. The quantitative estimate of drug-likeness (QED) is 0.820. The molecule has 0 saturated heterocycles. The first-order chi connectivity index (χ1) is 8.69. The number of nitrogens with zero attached hydrogens (tertiary/aromatic N) is 2. The molecule has 1 unspecified atom stereocenters. The number of hydrogen-bond acceptors (Lipinski definition) is 4. The molecule has 0 radical (unpaired) electrons. The summed E-state index contributed by atoms with van der Waals surface area (Å²) in [5, 5.41) is 4.14. The summed E-state index contributed by atoms with van der Waals surface area (Å²) in [6, 6.07) is -0.246. The van der Waals surface area contributed by atoms with Crippen LogP contribution in [-0.4, -0.2) is 30.8 Å². The summed E-state index contributed by atoms with van der Waals surface area (Å²) in [5.74, 6) is 0.382. The average molecular weight is 325 g/mol. The van der Waals surface area contributed by atoms with E-state index < -0.39 is 10.0 Å². The minimum absolute atomic E-state index is 0. The Morgan fingerprint density at radius 3 is 2.25 bits per heavy atom. The summed E-state index contributed by atoms with van der Waals surface area (Å²) in [5.41, 5.74) is 6.78. The fraction of sp³-hybridized carbons (Fsp3) is 0.750. The monoisotopic (exact) mass is 324 g/mol. The molecule has 0 fully saturated rings. The molecule has 1 rings (SSSR count). The van der Waals surface area contributed by atoms with Crippen LogP contribution in [0.2, 0.25) is 0 Å². The summed E-state index contributed by atoms with van der Waals surface area (Å²) in [6.07, 6.45) is 0.716. The molecule has 0 aromatic carbocycles. The van der Waals surface area contributed by atoms with E-state index in [0.717, 1.165) is 0 Å². The van der Waals surface area contributed by atoms with Crippen LogP contribution < -0.4 is 10.5 Å². The van der Waals surface area contributed by atoms with Crippen molar-refractivity contribution in [2.24, 2.45) is 18.7 Å². The van der Waals surface area contributed by atoms with Crippen molar-refractivity contribution >= 4 is 22.4 Å². The van der Waals surface area contributed by atoms with Crippen LogP contribution in [0.5, 0.6) is 0 Å². The van der Waals surface area contributed by atoms with Crippen molar-refractivity contribution in [3.63, 3.8) is 0 Å². The molecule has 0 amide bonds. The van der Waals surface area contributed by atoms with Gasteiger partial charge in [0.2, 0.25) is 10.0 Å². The van der Waals surface area contributed by atoms with E-state index in [-0.39, 0.29) is 29.9 Å². The minimum Gasteiger partial charge on any atom is -0.329 e. The molecule has 0 saturated carbocycles. The van der Waals surface area contributed by atoms with Gasteiger partial charge in [-0.2, -0.15) is 5.10 Å². The Hall–Kier alpha value is -0.630. The topological polar surface area (TPSA) is 90.0 Å². The molecule has 20 heavy (non-hydrogen) atoms. The molecule has 0 bridgehead atoms. The van der Waals surface area contributed by atoms with Crippen LogP contribution in [0.3, 0.4) is 0 Å². The fourth-order valence-electron chi connectivity index (χ4n) is 2.18. The lowest BCUT2D eigenvalue weighted by Crippen LogP contribution is -2.41. The maximum absolute atomic E-state index is 12.4. The maximum Gasteiger partial charge on any atom is 0.244 e. The lowest BCUT2D eigenvalue weighted by atomic mass is 10.1. The van der Waals surface area contributed by atoms with Gasteiger partial charge in [0, 0.05) is 19.6 Å². The lowest BCUT2D eigenvalue weighted by Gasteiger charge is -2.18. The molecule has 1 aromatic rings. The fourth-order valence-corrected chi connectivity index (χ4v) is 3.88. The lowest BCUT2D eigenvalue weighted by molar-refractivity contribution is 0.464. The van der Waals surface area contributed by atoms with E-state index in [1.165, 1.54) is 0 Å². The van der Waals surface area contributed by atoms with E-state index in [4.69, 9.17) is 5.73 Å². The van der Waals surface area contributed by atoms with Crippen molar-refractivity contribution in [2.45, 2.75) is 45.1 Å². The Morgan fingerprint density at radius 1 is 1.35 bits per heavy atom. The zero-order valence-electron chi connectivity index (χ0n) is 12.7. The normalized spacial score (nSPS) is 13.3. The van der Waals surface area contributed by atoms with Gasteiger partial charge in [-0.05, 0) is 26.2 Å². The summed E-state index contributed by atoms with van der Waals surface area (Å²) >= 11 is 0. The first-order valence-electron chi connectivity index (χ1n) is 6.41. The van der Waals surface area contributed by atoms with E-state index in [1.807, 2.05) is 13.8 Å². The highest BCUT2D eigenvalue weighted by atomic mass is 35.5. The third-order valence-electron chi connectivity index (χ3n) is 3.07. The molecule has 1 atom stereocenters. The molecular weight excluding hydrogens is 300 g/mol. The Kier molecular flexibility index (Phi) is 7.17. The SMILES string of the molecule is Cc1nn(C)c(C)c1S(=O)(=O)NC(CN)CC(C)C.Cl. The van der Waals surface area contributed by atoms with Crippen LogP contribution in [0, 0.1) is 19.8 Å². The van der Waals surface area contributed by atoms with Crippen LogP contribution in [-0.2, 0) is 17.1 Å². The second-order valence-electron chi connectivity index (χ2n) is 5.31. The van der Waals surface area contributed by atoms with Gasteiger partial charge in [0.15, 0.2) is 0 Å². The Labute approximate surface area is 127 Å². The number of hydrogen-bond donors (Lipinski definition) is 2. The van der Waals surface area contributed by atoms with Crippen molar-refractivity contribution in [1.29, 1.82) is 0 Å². The highest BCUT2D eigenvalue weighted by molar-refractivity contribution is 7.89. The van der Waals surface area contributed by atoms with Gasteiger partial charge >= 0.3 is 0 Å². The standard InChI is InChI=1S/C12H24N4O2S.ClH/c1-8(2)6-11(7-13)15-19(17,18)12-9(3)14-16(5)10(12)4;/h8,11,15H,6-7,13H2,1-5H3;1H. The van der Waals surface area contributed by atoms with Crippen molar-refractivity contribution in [3.05, 3.63) is 11.4 Å². The molecule has 0 aliphatic heterocycles. The van der Waals surface area contributed by atoms with Crippen molar-refractivity contribution in [3.8, 4) is 0 Å². The zero-order chi connectivity index (χ0) is 14.8. The van der Waals surface area contributed by atoms with Gasteiger partial charge < -0.3 is 5.73 Å². The van der Waals surface area contributed by atoms with Crippen LogP contribution in [0.25, 0.3) is 0 Å². The molecule has 1 aromatic heterocycles. The van der Waals surface area contributed by atoms with Crippen molar-refractivity contribution in [2.75, 3.05) is 6.54 Å². The number of nitrogens with one attached hydrogen (secondary N) is 1. The number of halogens is 1. The molecular formula is C12H25ClN4O2S. The Bertz CT molecular complexity index is 540. The molecule has 3 N–H and O–H groups in total. The van der Waals surface area contributed by atoms with Gasteiger partial charge in [0.1, 0.15) is 4.90 Å². The van der Waals surface area contributed by atoms with E-state index in [0.29, 0.717) is 23.7 Å². The number of nitrogens with two attached hydrogens (primary N) is 1. The van der Waals surface area contributed by atoms with E-state index >= 15 is 0 Å². The van der Waals surface area contributed by atoms with E-state index in [9.17, 15) is 8.42 Å². The summed E-state index contributed by atoms with van der Waals surface area (Å²) < 4.78 is 29.1. The van der Waals surface area contributed by atoms with Gasteiger partial charge in [0.05, 0.1) is 11.4 Å². The first-order valence-corrected chi connectivity index (χ1v) is 7.90. The van der Waals surface area contributed by atoms with Gasteiger partial charge in [-0.1, -0.05) is 13.8 Å². The Balaban J connectivity index is 0.00000361. The van der Waals surface area contributed by atoms with Gasteiger partial charge in [-0.25, -0.2) is 13.1 Å². The third kappa shape index (κ3) is 4.44. The molecule has 8 heteroatoms. The van der Waals surface area contributed by atoms with Crippen LogP contribution in [0.1, 0.15) is 31.7 Å². The van der Waals surface area contributed by atoms with E-state index in [1.54, 1.807) is 25.6 Å². The second-order valence-corrected chi connectivity index (χ2v) is 6.96. The molecule has 0 aliphatic carbocycles. The smallest absolute Gasteiger partial charge is 0.244 e. The van der Waals surface area contributed by atoms with E-state index in [2.05, 4.69) is 9.82 Å². The number of sulfonamides is 1. The van der Waals surface area contributed by atoms with Crippen LogP contribution in [0.15, 0.2) is 4.90 Å². The van der Waals surface area contributed by atoms with Gasteiger partial charge in [-0.3, -0.25) is 4.68 Å². The summed E-state index contributed by atoms with van der Waals surface area (Å²) in [4.78, 5) is 0.261. The number of aromatic nitrogens is 2.